The maximum Gasteiger partial charge on any atom is 0.168 e. The maximum absolute atomic E-state index is 5.88. The Bertz CT molecular complexity index is 447. The van der Waals surface area contributed by atoms with Crippen LogP contribution in [0.3, 0.4) is 0 Å². The zero-order chi connectivity index (χ0) is 9.97. The Kier molecular flexibility index (Phi) is 4.73. The van der Waals surface area contributed by atoms with Gasteiger partial charge in [0.15, 0.2) is 5.58 Å². The number of nitrogens with two attached hydrogens (primary N) is 1. The molecule has 0 saturated heterocycles. The van der Waals surface area contributed by atoms with Gasteiger partial charge in [-0.25, -0.2) is 0 Å². The molecule has 0 atom stereocenters. The van der Waals surface area contributed by atoms with E-state index < -0.39 is 0 Å². The molecule has 6 heteroatoms. The standard InChI is InChI=1S/C9H9ClN2OS.ClH/c10-6-1-2-8-7(5-6)9(12-13-8)14-4-3-11;/h1-2,5H,3-4,11H2;1H. The van der Waals surface area contributed by atoms with Crippen LogP contribution >= 0.6 is 35.8 Å². The van der Waals surface area contributed by atoms with Crippen LogP contribution in [0.1, 0.15) is 0 Å². The van der Waals surface area contributed by atoms with Gasteiger partial charge in [0.05, 0.1) is 5.39 Å². The first-order chi connectivity index (χ1) is 6.81. The SMILES string of the molecule is Cl.NCCSc1noc2ccc(Cl)cc12. The summed E-state index contributed by atoms with van der Waals surface area (Å²) in [6, 6.07) is 5.45. The molecule has 2 N–H and O–H groups in total. The summed E-state index contributed by atoms with van der Waals surface area (Å²) in [4.78, 5) is 0. The average molecular weight is 265 g/mol. The number of aromatic nitrogens is 1. The molecule has 15 heavy (non-hydrogen) atoms. The van der Waals surface area contributed by atoms with E-state index in [1.54, 1.807) is 17.8 Å². The molecule has 0 aliphatic carbocycles. The van der Waals surface area contributed by atoms with Crippen LogP contribution in [-0.4, -0.2) is 17.5 Å². The lowest BCUT2D eigenvalue weighted by atomic mass is 10.3. The van der Waals surface area contributed by atoms with E-state index >= 15 is 0 Å². The van der Waals surface area contributed by atoms with Crippen molar-refractivity contribution in [2.45, 2.75) is 5.03 Å². The number of hydrogen-bond donors (Lipinski definition) is 1. The molecule has 0 saturated carbocycles. The molecule has 0 unspecified atom stereocenters. The van der Waals surface area contributed by atoms with Crippen LogP contribution in [0.15, 0.2) is 27.7 Å². The molecule has 0 aliphatic rings. The van der Waals surface area contributed by atoms with Crippen molar-refractivity contribution in [3.63, 3.8) is 0 Å². The molecular weight excluding hydrogens is 255 g/mol. The van der Waals surface area contributed by atoms with Gasteiger partial charge in [-0.2, -0.15) is 0 Å². The number of fused-ring (bicyclic) bond motifs is 1. The highest BCUT2D eigenvalue weighted by Crippen LogP contribution is 2.28. The van der Waals surface area contributed by atoms with Gasteiger partial charge >= 0.3 is 0 Å². The zero-order valence-corrected chi connectivity index (χ0v) is 10.2. The molecule has 0 spiro atoms. The number of thioether (sulfide) groups is 1. The van der Waals surface area contributed by atoms with E-state index in [0.717, 1.165) is 21.7 Å². The van der Waals surface area contributed by atoms with Gasteiger partial charge in [-0.05, 0) is 18.2 Å². The van der Waals surface area contributed by atoms with E-state index in [2.05, 4.69) is 5.16 Å². The Balaban J connectivity index is 0.00000112. The van der Waals surface area contributed by atoms with Gasteiger partial charge in [0.2, 0.25) is 0 Å². The molecule has 0 amide bonds. The Morgan fingerprint density at radius 2 is 2.27 bits per heavy atom. The number of hydrogen-bond acceptors (Lipinski definition) is 4. The number of halogens is 2. The van der Waals surface area contributed by atoms with Crippen LogP contribution in [-0.2, 0) is 0 Å². The minimum absolute atomic E-state index is 0. The van der Waals surface area contributed by atoms with Crippen LogP contribution in [0.2, 0.25) is 5.02 Å². The fourth-order valence-corrected chi connectivity index (χ4v) is 2.04. The summed E-state index contributed by atoms with van der Waals surface area (Å²) in [6.07, 6.45) is 0. The second-order valence-corrected chi connectivity index (χ2v) is 4.29. The molecule has 0 fully saturated rings. The molecule has 82 valence electrons. The molecule has 1 heterocycles. The van der Waals surface area contributed by atoms with Gasteiger partial charge in [0.1, 0.15) is 5.03 Å². The van der Waals surface area contributed by atoms with E-state index in [0.29, 0.717) is 11.6 Å². The lowest BCUT2D eigenvalue weighted by molar-refractivity contribution is 0.437. The lowest BCUT2D eigenvalue weighted by Crippen LogP contribution is -2.00. The molecular formula is C9H10Cl2N2OS. The van der Waals surface area contributed by atoms with Crippen molar-refractivity contribution in [2.24, 2.45) is 5.73 Å². The third kappa shape index (κ3) is 2.78. The van der Waals surface area contributed by atoms with Crippen molar-refractivity contribution in [1.29, 1.82) is 0 Å². The highest BCUT2D eigenvalue weighted by molar-refractivity contribution is 7.99. The molecule has 0 bridgehead atoms. The van der Waals surface area contributed by atoms with E-state index in [-0.39, 0.29) is 12.4 Å². The normalized spacial score (nSPS) is 10.3. The van der Waals surface area contributed by atoms with Crippen molar-refractivity contribution < 1.29 is 4.52 Å². The highest BCUT2D eigenvalue weighted by Gasteiger charge is 2.08. The average Bonchev–Trinajstić information content (AvgIpc) is 2.57. The van der Waals surface area contributed by atoms with Crippen LogP contribution in [0.4, 0.5) is 0 Å². The molecule has 0 aliphatic heterocycles. The first-order valence-corrected chi connectivity index (χ1v) is 5.55. The lowest BCUT2D eigenvalue weighted by Gasteiger charge is -1.93. The van der Waals surface area contributed by atoms with E-state index in [1.165, 1.54) is 0 Å². The molecule has 0 radical (unpaired) electrons. The second-order valence-electron chi connectivity index (χ2n) is 2.77. The minimum Gasteiger partial charge on any atom is -0.355 e. The first kappa shape index (κ1) is 12.6. The van der Waals surface area contributed by atoms with Crippen molar-refractivity contribution in [3.8, 4) is 0 Å². The van der Waals surface area contributed by atoms with Crippen LogP contribution < -0.4 is 5.73 Å². The van der Waals surface area contributed by atoms with Gasteiger partial charge < -0.3 is 10.3 Å². The van der Waals surface area contributed by atoms with Gasteiger partial charge in [0.25, 0.3) is 0 Å². The number of nitrogens with zero attached hydrogens (tertiary/aromatic N) is 1. The minimum atomic E-state index is 0. The fraction of sp³-hybridized carbons (Fsp3) is 0.222. The van der Waals surface area contributed by atoms with Crippen molar-refractivity contribution in [1.82, 2.24) is 5.16 Å². The van der Waals surface area contributed by atoms with Crippen molar-refractivity contribution >= 4 is 46.7 Å². The third-order valence-corrected chi connectivity index (χ3v) is 3.00. The van der Waals surface area contributed by atoms with Gasteiger partial charge in [-0.3, -0.25) is 0 Å². The second kappa shape index (κ2) is 5.61. The quantitative estimate of drug-likeness (QED) is 0.867. The summed E-state index contributed by atoms with van der Waals surface area (Å²) in [5.74, 6) is 0.828. The third-order valence-electron chi connectivity index (χ3n) is 1.76. The van der Waals surface area contributed by atoms with E-state index in [1.807, 2.05) is 12.1 Å². The fourth-order valence-electron chi connectivity index (χ4n) is 1.15. The smallest absolute Gasteiger partial charge is 0.168 e. The Hall–Kier alpha value is -0.420. The maximum atomic E-state index is 5.88. The Morgan fingerprint density at radius 1 is 1.47 bits per heavy atom. The summed E-state index contributed by atoms with van der Waals surface area (Å²) >= 11 is 7.45. The summed E-state index contributed by atoms with van der Waals surface area (Å²) in [7, 11) is 0. The van der Waals surface area contributed by atoms with Crippen molar-refractivity contribution in [2.75, 3.05) is 12.3 Å². The predicted molar refractivity (Wildman–Crippen MR) is 66.0 cm³/mol. The number of benzene rings is 1. The molecule has 1 aromatic heterocycles. The topological polar surface area (TPSA) is 52.0 Å². The predicted octanol–water partition coefficient (Wildman–Crippen LogP) is 2.95. The molecule has 2 aromatic rings. The molecule has 2 rings (SSSR count). The molecule has 3 nitrogen and oxygen atoms in total. The van der Waals surface area contributed by atoms with Crippen molar-refractivity contribution in [3.05, 3.63) is 23.2 Å². The summed E-state index contributed by atoms with van der Waals surface area (Å²) in [5, 5.41) is 6.45. The van der Waals surface area contributed by atoms with E-state index in [4.69, 9.17) is 21.9 Å². The largest absolute Gasteiger partial charge is 0.355 e. The van der Waals surface area contributed by atoms with Gasteiger partial charge in [-0.1, -0.05) is 16.8 Å². The van der Waals surface area contributed by atoms with E-state index in [9.17, 15) is 0 Å². The van der Waals surface area contributed by atoms with Crippen LogP contribution in [0.25, 0.3) is 11.0 Å². The summed E-state index contributed by atoms with van der Waals surface area (Å²) in [5.41, 5.74) is 6.17. The van der Waals surface area contributed by atoms with Gasteiger partial charge in [0, 0.05) is 17.3 Å². The monoisotopic (exact) mass is 264 g/mol. The van der Waals surface area contributed by atoms with Crippen LogP contribution in [0, 0.1) is 0 Å². The number of rotatable bonds is 3. The molecule has 1 aromatic carbocycles. The summed E-state index contributed by atoms with van der Waals surface area (Å²) < 4.78 is 5.13. The highest BCUT2D eigenvalue weighted by atomic mass is 35.5. The van der Waals surface area contributed by atoms with Crippen LogP contribution in [0.5, 0.6) is 0 Å². The zero-order valence-electron chi connectivity index (χ0n) is 7.77. The Labute approximate surface area is 103 Å². The summed E-state index contributed by atoms with van der Waals surface area (Å²) in [6.45, 7) is 0.625. The van der Waals surface area contributed by atoms with Gasteiger partial charge in [-0.15, -0.1) is 24.2 Å². The first-order valence-electron chi connectivity index (χ1n) is 4.19. The Morgan fingerprint density at radius 3 is 3.00 bits per heavy atom.